The largest absolute Gasteiger partial charge is 0.495 e. The first-order valence-corrected chi connectivity index (χ1v) is 10.4. The molecular weight excluding hydrogens is 500 g/mol. The molecule has 1 N–H and O–H groups in total. The first-order chi connectivity index (χ1) is 14.0. The number of hydrogen-bond donors (Lipinski definition) is 1. The zero-order chi connectivity index (χ0) is 20.5. The molecule has 0 aliphatic heterocycles. The average Bonchev–Trinajstić information content (AvgIpc) is 3.13. The second-order valence-electron chi connectivity index (χ2n) is 6.39. The number of nitrogens with zero attached hydrogens (tertiary/aromatic N) is 1. The van der Waals surface area contributed by atoms with Crippen LogP contribution in [0.1, 0.15) is 15.9 Å². The van der Waals surface area contributed by atoms with E-state index in [0.717, 1.165) is 26.7 Å². The summed E-state index contributed by atoms with van der Waals surface area (Å²) in [6.07, 6.45) is 0. The van der Waals surface area contributed by atoms with Gasteiger partial charge in [-0.15, -0.1) is 0 Å². The molecule has 0 spiro atoms. The highest BCUT2D eigenvalue weighted by Crippen LogP contribution is 2.34. The summed E-state index contributed by atoms with van der Waals surface area (Å²) in [5.41, 5.74) is 4.29. The third-order valence-electron chi connectivity index (χ3n) is 4.56. The van der Waals surface area contributed by atoms with Crippen LogP contribution in [0.4, 0.5) is 5.69 Å². The van der Waals surface area contributed by atoms with Crippen molar-refractivity contribution in [3.63, 3.8) is 0 Å². The van der Waals surface area contributed by atoms with Crippen LogP contribution in [0.15, 0.2) is 68.0 Å². The molecule has 0 radical (unpaired) electrons. The number of carbonyl (C=O) groups is 1. The molecule has 5 nitrogen and oxygen atoms in total. The minimum Gasteiger partial charge on any atom is -0.495 e. The maximum absolute atomic E-state index is 13.0. The van der Waals surface area contributed by atoms with E-state index in [-0.39, 0.29) is 5.91 Å². The van der Waals surface area contributed by atoms with Gasteiger partial charge in [0, 0.05) is 15.7 Å². The summed E-state index contributed by atoms with van der Waals surface area (Å²) >= 11 is 6.85. The number of nitrogens with one attached hydrogen (secondary N) is 1. The molecule has 0 saturated heterocycles. The molecule has 0 atom stereocenters. The fraction of sp³-hybridized carbons (Fsp3) is 0.0909. The van der Waals surface area contributed by atoms with Crippen molar-refractivity contribution in [2.45, 2.75) is 6.92 Å². The monoisotopic (exact) mass is 514 g/mol. The number of para-hydroxylation sites is 2. The van der Waals surface area contributed by atoms with Crippen LogP contribution in [0.5, 0.6) is 5.75 Å². The van der Waals surface area contributed by atoms with Gasteiger partial charge < -0.3 is 14.5 Å². The van der Waals surface area contributed by atoms with Gasteiger partial charge in [-0.1, -0.05) is 34.1 Å². The molecule has 4 rings (SSSR count). The highest BCUT2D eigenvalue weighted by molar-refractivity contribution is 9.11. The van der Waals surface area contributed by atoms with Crippen molar-refractivity contribution < 1.29 is 13.9 Å². The first kappa shape index (κ1) is 19.7. The predicted octanol–water partition coefficient (Wildman–Crippen LogP) is 6.59. The minimum absolute atomic E-state index is 0.276. The summed E-state index contributed by atoms with van der Waals surface area (Å²) in [7, 11) is 1.53. The lowest BCUT2D eigenvalue weighted by Crippen LogP contribution is -2.14. The Kier molecular flexibility index (Phi) is 5.43. The van der Waals surface area contributed by atoms with E-state index in [9.17, 15) is 4.79 Å². The smallest absolute Gasteiger partial charge is 0.259 e. The van der Waals surface area contributed by atoms with Crippen LogP contribution in [0, 0.1) is 6.92 Å². The Morgan fingerprint density at radius 3 is 2.66 bits per heavy atom. The summed E-state index contributed by atoms with van der Waals surface area (Å²) in [6, 6.07) is 16.8. The third kappa shape index (κ3) is 3.80. The van der Waals surface area contributed by atoms with Crippen molar-refractivity contribution in [2.24, 2.45) is 0 Å². The number of hydrogen-bond acceptors (Lipinski definition) is 4. The number of aromatic nitrogens is 1. The van der Waals surface area contributed by atoms with Crippen molar-refractivity contribution in [2.75, 3.05) is 12.4 Å². The first-order valence-electron chi connectivity index (χ1n) is 8.78. The van der Waals surface area contributed by atoms with Crippen LogP contribution in [0.25, 0.3) is 22.6 Å². The van der Waals surface area contributed by atoms with Crippen molar-refractivity contribution in [1.29, 1.82) is 0 Å². The van der Waals surface area contributed by atoms with Crippen LogP contribution in [-0.4, -0.2) is 18.0 Å². The number of oxazole rings is 1. The second kappa shape index (κ2) is 8.00. The molecule has 4 aromatic rings. The van der Waals surface area contributed by atoms with Gasteiger partial charge in [-0.3, -0.25) is 4.79 Å². The van der Waals surface area contributed by atoms with Crippen molar-refractivity contribution in [1.82, 2.24) is 4.98 Å². The Labute approximate surface area is 184 Å². The zero-order valence-corrected chi connectivity index (χ0v) is 18.8. The normalized spacial score (nSPS) is 10.9. The lowest BCUT2D eigenvalue weighted by Gasteiger charge is -2.14. The number of benzene rings is 3. The highest BCUT2D eigenvalue weighted by Gasteiger charge is 2.19. The topological polar surface area (TPSA) is 64.4 Å². The molecule has 146 valence electrons. The van der Waals surface area contributed by atoms with Crippen LogP contribution >= 0.6 is 31.9 Å². The van der Waals surface area contributed by atoms with Gasteiger partial charge in [0.25, 0.3) is 5.91 Å². The summed E-state index contributed by atoms with van der Waals surface area (Å²) in [6.45, 7) is 1.92. The minimum atomic E-state index is -0.276. The van der Waals surface area contributed by atoms with E-state index < -0.39 is 0 Å². The lowest BCUT2D eigenvalue weighted by atomic mass is 10.1. The van der Waals surface area contributed by atoms with E-state index in [1.165, 1.54) is 7.11 Å². The van der Waals surface area contributed by atoms with E-state index in [1.807, 2.05) is 55.5 Å². The predicted molar refractivity (Wildman–Crippen MR) is 121 cm³/mol. The molecule has 0 bridgehead atoms. The average molecular weight is 516 g/mol. The quantitative estimate of drug-likeness (QED) is 0.333. The molecule has 29 heavy (non-hydrogen) atoms. The van der Waals surface area contributed by atoms with E-state index in [0.29, 0.717) is 27.4 Å². The molecule has 3 aromatic carbocycles. The molecule has 0 unspecified atom stereocenters. The van der Waals surface area contributed by atoms with Gasteiger partial charge >= 0.3 is 0 Å². The van der Waals surface area contributed by atoms with Gasteiger partial charge in [0.2, 0.25) is 5.89 Å². The number of ether oxygens (including phenoxy) is 1. The Morgan fingerprint density at radius 2 is 1.90 bits per heavy atom. The Balaban J connectivity index is 1.70. The Hall–Kier alpha value is -2.64. The number of methoxy groups -OCH3 is 1. The number of halogens is 2. The van der Waals surface area contributed by atoms with Crippen molar-refractivity contribution in [3.05, 3.63) is 74.7 Å². The maximum Gasteiger partial charge on any atom is 0.259 e. The SMILES string of the molecule is COc1c(Br)cc(Br)cc1C(=O)Nc1cccc(-c2nc3ccccc3o2)c1C. The van der Waals surface area contributed by atoms with Gasteiger partial charge in [0.05, 0.1) is 17.1 Å². The van der Waals surface area contributed by atoms with Gasteiger partial charge in [-0.2, -0.15) is 0 Å². The molecule has 1 aromatic heterocycles. The van der Waals surface area contributed by atoms with E-state index >= 15 is 0 Å². The van der Waals surface area contributed by atoms with Gasteiger partial charge in [-0.05, 0) is 64.8 Å². The number of fused-ring (bicyclic) bond motifs is 1. The van der Waals surface area contributed by atoms with Gasteiger partial charge in [0.15, 0.2) is 5.58 Å². The molecule has 1 heterocycles. The number of carbonyl (C=O) groups excluding carboxylic acids is 1. The molecule has 0 fully saturated rings. The molecule has 0 aliphatic carbocycles. The molecular formula is C22H16Br2N2O3. The molecule has 0 aliphatic rings. The number of rotatable bonds is 4. The summed E-state index contributed by atoms with van der Waals surface area (Å²) < 4.78 is 12.7. The Morgan fingerprint density at radius 1 is 1.10 bits per heavy atom. The van der Waals surface area contributed by atoms with E-state index in [2.05, 4.69) is 42.2 Å². The van der Waals surface area contributed by atoms with Crippen LogP contribution in [-0.2, 0) is 0 Å². The van der Waals surface area contributed by atoms with Gasteiger partial charge in [0.1, 0.15) is 11.3 Å². The van der Waals surface area contributed by atoms with Crippen LogP contribution < -0.4 is 10.1 Å². The Bertz CT molecular complexity index is 1200. The standard InChI is InChI=1S/C22H16Br2N2O3/c1-12-14(22-26-18-7-3-4-9-19(18)29-22)6-5-8-17(12)25-21(27)15-10-13(23)11-16(24)20(15)28-2/h3-11H,1-2H3,(H,25,27). The summed E-state index contributed by atoms with van der Waals surface area (Å²) in [4.78, 5) is 17.5. The van der Waals surface area contributed by atoms with Crippen LogP contribution in [0.3, 0.4) is 0 Å². The van der Waals surface area contributed by atoms with E-state index in [1.54, 1.807) is 6.07 Å². The number of anilines is 1. The molecule has 0 saturated carbocycles. The van der Waals surface area contributed by atoms with E-state index in [4.69, 9.17) is 9.15 Å². The fourth-order valence-electron chi connectivity index (χ4n) is 3.12. The number of amides is 1. The highest BCUT2D eigenvalue weighted by atomic mass is 79.9. The second-order valence-corrected chi connectivity index (χ2v) is 8.16. The third-order valence-corrected chi connectivity index (χ3v) is 5.61. The maximum atomic E-state index is 13.0. The van der Waals surface area contributed by atoms with Gasteiger partial charge in [-0.25, -0.2) is 4.98 Å². The summed E-state index contributed by atoms with van der Waals surface area (Å²) in [5.74, 6) is 0.711. The van der Waals surface area contributed by atoms with Crippen molar-refractivity contribution in [3.8, 4) is 17.2 Å². The van der Waals surface area contributed by atoms with Crippen LogP contribution in [0.2, 0.25) is 0 Å². The molecule has 1 amide bonds. The summed E-state index contributed by atoms with van der Waals surface area (Å²) in [5, 5.41) is 2.97. The zero-order valence-electron chi connectivity index (χ0n) is 15.6. The fourth-order valence-corrected chi connectivity index (χ4v) is 4.50. The molecule has 7 heteroatoms. The lowest BCUT2D eigenvalue weighted by molar-refractivity contribution is 0.102. The van der Waals surface area contributed by atoms with Crippen molar-refractivity contribution >= 4 is 54.6 Å².